The molecule has 2 rings (SSSR count). The molecule has 0 fully saturated rings. The molecule has 0 N–H and O–H groups in total. The Bertz CT molecular complexity index is 427. The predicted molar refractivity (Wildman–Crippen MR) is 54.0 cm³/mol. The summed E-state index contributed by atoms with van der Waals surface area (Å²) in [6.07, 6.45) is 1.43. The van der Waals surface area contributed by atoms with Gasteiger partial charge in [0.05, 0.1) is 3.79 Å². The van der Waals surface area contributed by atoms with Crippen molar-refractivity contribution in [3.05, 3.63) is 39.5 Å². The maximum Gasteiger partial charge on any atom is 0.220 e. The van der Waals surface area contributed by atoms with E-state index in [1.54, 1.807) is 18.2 Å². The Morgan fingerprint density at radius 3 is 2.92 bits per heavy atom. The smallest absolute Gasteiger partial charge is 0.220 e. The van der Waals surface area contributed by atoms with Gasteiger partial charge in [-0.05, 0) is 34.1 Å². The Hall–Kier alpha value is -0.740. The fourth-order valence-electron chi connectivity index (χ4n) is 1.02. The quantitative estimate of drug-likeness (QED) is 0.712. The van der Waals surface area contributed by atoms with E-state index in [-0.39, 0.29) is 0 Å². The number of nitrogens with zero attached hydrogens (tertiary/aromatic N) is 1. The van der Waals surface area contributed by atoms with E-state index in [0.717, 1.165) is 9.35 Å². The van der Waals surface area contributed by atoms with Crippen LogP contribution in [0, 0.1) is 11.3 Å². The molecular weight excluding hydrogens is 253 g/mol. The van der Waals surface area contributed by atoms with Crippen LogP contribution in [-0.4, -0.2) is 4.98 Å². The zero-order valence-corrected chi connectivity index (χ0v) is 8.82. The van der Waals surface area contributed by atoms with E-state index in [4.69, 9.17) is 0 Å². The molecule has 2 heterocycles. The van der Waals surface area contributed by atoms with Gasteiger partial charge in [0.25, 0.3) is 0 Å². The van der Waals surface area contributed by atoms with E-state index >= 15 is 0 Å². The molecule has 4 heteroatoms. The van der Waals surface area contributed by atoms with E-state index in [1.807, 2.05) is 0 Å². The number of rotatable bonds is 1. The van der Waals surface area contributed by atoms with Crippen LogP contribution in [0.5, 0.6) is 0 Å². The van der Waals surface area contributed by atoms with Crippen LogP contribution in [0.2, 0.25) is 0 Å². The van der Waals surface area contributed by atoms with Gasteiger partial charge in [-0.3, -0.25) is 0 Å². The largest absolute Gasteiger partial charge is 0.228 e. The van der Waals surface area contributed by atoms with Crippen molar-refractivity contribution in [3.63, 3.8) is 0 Å². The van der Waals surface area contributed by atoms with Crippen molar-refractivity contribution in [2.24, 2.45) is 0 Å². The Morgan fingerprint density at radius 1 is 1.46 bits per heavy atom. The third-order valence-corrected chi connectivity index (χ3v) is 3.16. The van der Waals surface area contributed by atoms with Gasteiger partial charge < -0.3 is 0 Å². The fraction of sp³-hybridized carbons (Fsp3) is 0. The third kappa shape index (κ3) is 1.64. The highest BCUT2D eigenvalue weighted by atomic mass is 79.9. The van der Waals surface area contributed by atoms with Crippen molar-refractivity contribution in [2.45, 2.75) is 0 Å². The van der Waals surface area contributed by atoms with Crippen LogP contribution in [0.15, 0.2) is 28.2 Å². The second-order valence-electron chi connectivity index (χ2n) is 2.39. The molecule has 0 amide bonds. The molecule has 65 valence electrons. The minimum atomic E-state index is -0.449. The first-order valence-electron chi connectivity index (χ1n) is 3.55. The average Bonchev–Trinajstić information content (AvgIpc) is 2.52. The van der Waals surface area contributed by atoms with Gasteiger partial charge in [0, 0.05) is 22.7 Å². The first-order valence-corrected chi connectivity index (χ1v) is 5.16. The molecule has 0 aliphatic rings. The summed E-state index contributed by atoms with van der Waals surface area (Å²) >= 11 is 4.74. The molecule has 13 heavy (non-hydrogen) atoms. The summed E-state index contributed by atoms with van der Waals surface area (Å²) in [5, 5.41) is 2.92. The van der Waals surface area contributed by atoms with Crippen LogP contribution in [0.3, 0.4) is 0 Å². The maximum absolute atomic E-state index is 13.2. The van der Waals surface area contributed by atoms with Crippen LogP contribution in [0.1, 0.15) is 0 Å². The number of hydrogen-bond acceptors (Lipinski definition) is 2. The summed E-state index contributed by atoms with van der Waals surface area (Å²) in [6.45, 7) is 0. The Balaban J connectivity index is 2.59. The van der Waals surface area contributed by atoms with Crippen molar-refractivity contribution >= 4 is 27.3 Å². The van der Waals surface area contributed by atoms with Gasteiger partial charge in [-0.2, -0.15) is 4.39 Å². The zero-order chi connectivity index (χ0) is 9.26. The van der Waals surface area contributed by atoms with Gasteiger partial charge in [-0.15, -0.1) is 11.3 Å². The number of thiophene rings is 1. The standard InChI is InChI=1S/C9H4BrFNS/c10-8-6(3-5-13-8)7-2-1-4-12-9(7)11/h1-4H. The molecule has 0 aliphatic heterocycles. The summed E-state index contributed by atoms with van der Waals surface area (Å²) < 4.78 is 14.1. The van der Waals surface area contributed by atoms with E-state index < -0.39 is 5.95 Å². The molecule has 0 aromatic carbocycles. The zero-order valence-electron chi connectivity index (χ0n) is 6.42. The molecule has 0 atom stereocenters. The lowest BCUT2D eigenvalue weighted by molar-refractivity contribution is 0.587. The highest BCUT2D eigenvalue weighted by Crippen LogP contribution is 2.33. The number of hydrogen-bond donors (Lipinski definition) is 0. The summed E-state index contributed by atoms with van der Waals surface area (Å²) in [4.78, 5) is 3.58. The van der Waals surface area contributed by atoms with E-state index in [9.17, 15) is 4.39 Å². The molecule has 1 radical (unpaired) electrons. The second kappa shape index (κ2) is 3.55. The molecule has 0 saturated heterocycles. The molecule has 0 aliphatic carbocycles. The monoisotopic (exact) mass is 256 g/mol. The number of pyridine rings is 1. The summed E-state index contributed by atoms with van der Waals surface area (Å²) in [6, 6.07) is 5.15. The molecule has 0 bridgehead atoms. The van der Waals surface area contributed by atoms with Gasteiger partial charge >= 0.3 is 0 Å². The van der Waals surface area contributed by atoms with Crippen LogP contribution < -0.4 is 0 Å². The minimum Gasteiger partial charge on any atom is -0.228 e. The normalized spacial score (nSPS) is 10.3. The highest BCUT2D eigenvalue weighted by Gasteiger charge is 2.09. The van der Waals surface area contributed by atoms with Crippen molar-refractivity contribution in [2.75, 3.05) is 0 Å². The van der Waals surface area contributed by atoms with Crippen LogP contribution >= 0.6 is 27.3 Å². The first kappa shape index (κ1) is 8.84. The van der Waals surface area contributed by atoms with E-state index in [2.05, 4.69) is 26.3 Å². The highest BCUT2D eigenvalue weighted by molar-refractivity contribution is 9.11. The summed E-state index contributed by atoms with van der Waals surface area (Å²) in [5.41, 5.74) is 1.31. The number of halogens is 2. The van der Waals surface area contributed by atoms with E-state index in [0.29, 0.717) is 5.56 Å². The van der Waals surface area contributed by atoms with Crippen molar-refractivity contribution in [1.29, 1.82) is 0 Å². The lowest BCUT2D eigenvalue weighted by Gasteiger charge is -1.98. The summed E-state index contributed by atoms with van der Waals surface area (Å²) in [7, 11) is 0. The molecule has 2 aromatic heterocycles. The molecule has 0 spiro atoms. The van der Waals surface area contributed by atoms with Crippen LogP contribution in [0.4, 0.5) is 4.39 Å². The molecule has 0 unspecified atom stereocenters. The van der Waals surface area contributed by atoms with E-state index in [1.165, 1.54) is 17.5 Å². The van der Waals surface area contributed by atoms with Gasteiger partial charge in [-0.25, -0.2) is 4.98 Å². The minimum absolute atomic E-state index is 0.449. The lowest BCUT2D eigenvalue weighted by Crippen LogP contribution is -1.85. The van der Waals surface area contributed by atoms with Crippen LogP contribution in [0.25, 0.3) is 11.1 Å². The maximum atomic E-state index is 13.2. The van der Waals surface area contributed by atoms with Crippen molar-refractivity contribution in [3.8, 4) is 11.1 Å². The molecule has 2 aromatic rings. The number of aromatic nitrogens is 1. The predicted octanol–water partition coefficient (Wildman–Crippen LogP) is 3.51. The Labute approximate surface area is 87.4 Å². The molecular formula is C9H4BrFNS. The van der Waals surface area contributed by atoms with Gasteiger partial charge in [0.2, 0.25) is 5.95 Å². The molecule has 0 saturated carbocycles. The lowest BCUT2D eigenvalue weighted by atomic mass is 10.1. The topological polar surface area (TPSA) is 12.9 Å². The van der Waals surface area contributed by atoms with Gasteiger partial charge in [0.1, 0.15) is 0 Å². The van der Waals surface area contributed by atoms with Crippen molar-refractivity contribution in [1.82, 2.24) is 4.98 Å². The second-order valence-corrected chi connectivity index (χ2v) is 4.56. The average molecular weight is 257 g/mol. The van der Waals surface area contributed by atoms with Crippen molar-refractivity contribution < 1.29 is 4.39 Å². The first-order chi connectivity index (χ1) is 6.29. The Morgan fingerprint density at radius 2 is 2.31 bits per heavy atom. The SMILES string of the molecule is Fc1ncccc1-c1c[c]sc1Br. The third-order valence-electron chi connectivity index (χ3n) is 1.61. The summed E-state index contributed by atoms with van der Waals surface area (Å²) in [5.74, 6) is -0.449. The Kier molecular flexibility index (Phi) is 2.42. The van der Waals surface area contributed by atoms with Gasteiger partial charge in [-0.1, -0.05) is 0 Å². The van der Waals surface area contributed by atoms with Crippen LogP contribution in [-0.2, 0) is 0 Å². The molecule has 1 nitrogen and oxygen atoms in total. The fourth-order valence-corrected chi connectivity index (χ4v) is 2.19. The van der Waals surface area contributed by atoms with Gasteiger partial charge in [0.15, 0.2) is 0 Å².